The number of hydrogen-bond acceptors (Lipinski definition) is 4. The Hall–Kier alpha value is -2.41. The van der Waals surface area contributed by atoms with Crippen LogP contribution in [0, 0.1) is 10.1 Å². The van der Waals surface area contributed by atoms with Crippen molar-refractivity contribution >= 4 is 34.2 Å². The molecule has 0 aliphatic carbocycles. The number of carboxylic acid groups (broad SMARTS) is 1. The molecule has 0 aliphatic rings. The van der Waals surface area contributed by atoms with E-state index in [1.807, 2.05) is 0 Å². The smallest absolute Gasteiger partial charge is 0.341 e. The van der Waals surface area contributed by atoms with Crippen molar-refractivity contribution < 1.29 is 14.8 Å². The first-order valence-corrected chi connectivity index (χ1v) is 5.41. The van der Waals surface area contributed by atoms with Gasteiger partial charge in [0.2, 0.25) is 5.43 Å². The number of rotatable bonds is 2. The molecule has 0 spiro atoms. The van der Waals surface area contributed by atoms with Crippen LogP contribution in [-0.4, -0.2) is 20.6 Å². The number of benzene rings is 1. The molecule has 0 fully saturated rings. The molecule has 0 amide bonds. The predicted molar refractivity (Wildman–Crippen MR) is 67.8 cm³/mol. The number of nitro groups is 1. The first kappa shape index (κ1) is 13.0. The van der Waals surface area contributed by atoms with E-state index in [4.69, 9.17) is 16.7 Å². The molecule has 0 aliphatic heterocycles. The first-order valence-electron chi connectivity index (χ1n) is 5.03. The fourth-order valence-corrected chi connectivity index (χ4v) is 2.18. The summed E-state index contributed by atoms with van der Waals surface area (Å²) in [5.41, 5.74) is -1.38. The van der Waals surface area contributed by atoms with Crippen LogP contribution in [0.15, 0.2) is 23.1 Å². The fourth-order valence-electron chi connectivity index (χ4n) is 1.84. The lowest BCUT2D eigenvalue weighted by molar-refractivity contribution is -0.384. The molecule has 2 aromatic rings. The Morgan fingerprint density at radius 2 is 2.11 bits per heavy atom. The molecule has 7 nitrogen and oxygen atoms in total. The number of nitrogens with zero attached hydrogens (tertiary/aromatic N) is 2. The van der Waals surface area contributed by atoms with Gasteiger partial charge in [-0.25, -0.2) is 4.79 Å². The van der Waals surface area contributed by atoms with Crippen molar-refractivity contribution in [1.29, 1.82) is 0 Å². The molecule has 1 aromatic carbocycles. The Kier molecular flexibility index (Phi) is 2.99. The minimum atomic E-state index is -1.40. The average molecular weight is 283 g/mol. The summed E-state index contributed by atoms with van der Waals surface area (Å²) in [6.07, 6.45) is 1.13. The summed E-state index contributed by atoms with van der Waals surface area (Å²) in [6, 6.07) is 2.14. The summed E-state index contributed by atoms with van der Waals surface area (Å²) in [4.78, 5) is 33.0. The molecule has 0 atom stereocenters. The highest BCUT2D eigenvalue weighted by atomic mass is 35.5. The molecule has 1 N–H and O–H groups in total. The van der Waals surface area contributed by atoms with Gasteiger partial charge in [0.25, 0.3) is 5.69 Å². The average Bonchev–Trinajstić information content (AvgIpc) is 2.32. The number of halogens is 1. The van der Waals surface area contributed by atoms with Crippen molar-refractivity contribution in [2.45, 2.75) is 0 Å². The van der Waals surface area contributed by atoms with Gasteiger partial charge in [-0.05, 0) is 0 Å². The van der Waals surface area contributed by atoms with Crippen LogP contribution in [-0.2, 0) is 7.05 Å². The molecule has 2 rings (SSSR count). The quantitative estimate of drug-likeness (QED) is 0.668. The summed E-state index contributed by atoms with van der Waals surface area (Å²) in [5.74, 6) is -1.40. The first-order chi connectivity index (χ1) is 8.82. The van der Waals surface area contributed by atoms with E-state index in [2.05, 4.69) is 0 Å². The van der Waals surface area contributed by atoms with Gasteiger partial charge in [-0.2, -0.15) is 0 Å². The number of hydrogen-bond donors (Lipinski definition) is 1. The van der Waals surface area contributed by atoms with Crippen LogP contribution in [0.5, 0.6) is 0 Å². The van der Waals surface area contributed by atoms with Crippen LogP contribution in [0.25, 0.3) is 10.9 Å². The van der Waals surface area contributed by atoms with E-state index in [1.165, 1.54) is 11.6 Å². The van der Waals surface area contributed by atoms with Crippen LogP contribution < -0.4 is 5.43 Å². The normalized spacial score (nSPS) is 10.6. The lowest BCUT2D eigenvalue weighted by atomic mass is 10.1. The third-order valence-electron chi connectivity index (χ3n) is 2.65. The monoisotopic (exact) mass is 282 g/mol. The Labute approximate surface area is 110 Å². The van der Waals surface area contributed by atoms with Crippen molar-refractivity contribution in [3.63, 3.8) is 0 Å². The molecule has 0 radical (unpaired) electrons. The summed E-state index contributed by atoms with van der Waals surface area (Å²) < 4.78 is 1.35. The van der Waals surface area contributed by atoms with Crippen molar-refractivity contribution in [2.75, 3.05) is 0 Å². The molecule has 19 heavy (non-hydrogen) atoms. The number of fused-ring (bicyclic) bond motifs is 1. The van der Waals surface area contributed by atoms with Gasteiger partial charge in [-0.1, -0.05) is 11.6 Å². The highest BCUT2D eigenvalue weighted by Gasteiger charge is 2.18. The molecular formula is C11H7ClN2O5. The Morgan fingerprint density at radius 1 is 1.47 bits per heavy atom. The van der Waals surface area contributed by atoms with Crippen molar-refractivity contribution in [3.8, 4) is 0 Å². The van der Waals surface area contributed by atoms with Crippen molar-refractivity contribution in [3.05, 3.63) is 49.3 Å². The molecule has 0 bridgehead atoms. The van der Waals surface area contributed by atoms with Gasteiger partial charge in [0, 0.05) is 25.4 Å². The minimum Gasteiger partial charge on any atom is -0.477 e. The lowest BCUT2D eigenvalue weighted by Gasteiger charge is -2.08. The number of nitro benzene ring substituents is 1. The molecule has 0 saturated carbocycles. The molecule has 0 saturated heterocycles. The molecule has 0 unspecified atom stereocenters. The zero-order valence-electron chi connectivity index (χ0n) is 9.58. The fraction of sp³-hybridized carbons (Fsp3) is 0.0909. The molecule has 1 aromatic heterocycles. The maximum absolute atomic E-state index is 12.0. The highest BCUT2D eigenvalue weighted by Crippen LogP contribution is 2.27. The Morgan fingerprint density at radius 3 is 2.63 bits per heavy atom. The second kappa shape index (κ2) is 4.36. The minimum absolute atomic E-state index is 0.0146. The Bertz CT molecular complexity index is 772. The summed E-state index contributed by atoms with van der Waals surface area (Å²) >= 11 is 5.90. The zero-order valence-corrected chi connectivity index (χ0v) is 10.3. The second-order valence-electron chi connectivity index (χ2n) is 3.87. The third kappa shape index (κ3) is 2.04. The number of aryl methyl sites for hydroxylation is 1. The topological polar surface area (TPSA) is 102 Å². The summed E-state index contributed by atoms with van der Waals surface area (Å²) in [6.45, 7) is 0. The van der Waals surface area contributed by atoms with Crippen LogP contribution in [0.1, 0.15) is 10.4 Å². The number of non-ortho nitro benzene ring substituents is 1. The number of carboxylic acids is 1. The third-order valence-corrected chi connectivity index (χ3v) is 2.94. The van der Waals surface area contributed by atoms with Gasteiger partial charge in [0.1, 0.15) is 5.56 Å². The van der Waals surface area contributed by atoms with Gasteiger partial charge in [-0.15, -0.1) is 0 Å². The second-order valence-corrected chi connectivity index (χ2v) is 4.28. The van der Waals surface area contributed by atoms with E-state index >= 15 is 0 Å². The predicted octanol–water partition coefficient (Wildman–Crippen LogP) is 1.80. The molecule has 8 heteroatoms. The van der Waals surface area contributed by atoms with E-state index in [0.717, 1.165) is 18.3 Å². The number of aromatic nitrogens is 1. The van der Waals surface area contributed by atoms with Crippen molar-refractivity contribution in [1.82, 2.24) is 4.57 Å². The van der Waals surface area contributed by atoms with Gasteiger partial charge in [0.15, 0.2) is 0 Å². The van der Waals surface area contributed by atoms with Gasteiger partial charge in [-0.3, -0.25) is 14.9 Å². The van der Waals surface area contributed by atoms with Crippen LogP contribution in [0.4, 0.5) is 5.69 Å². The SMILES string of the molecule is Cn1cc(C(=O)O)c(=O)c2cc([N+](=O)[O-])cc(Cl)c21. The molecular weight excluding hydrogens is 276 g/mol. The van der Waals surface area contributed by atoms with Crippen molar-refractivity contribution in [2.24, 2.45) is 7.05 Å². The van der Waals surface area contributed by atoms with Crippen LogP contribution >= 0.6 is 11.6 Å². The maximum Gasteiger partial charge on any atom is 0.341 e. The van der Waals surface area contributed by atoms with E-state index in [9.17, 15) is 19.7 Å². The highest BCUT2D eigenvalue weighted by molar-refractivity contribution is 6.35. The molecule has 1 heterocycles. The lowest BCUT2D eigenvalue weighted by Crippen LogP contribution is -2.18. The summed E-state index contributed by atoms with van der Waals surface area (Å²) in [7, 11) is 1.51. The van der Waals surface area contributed by atoms with Crippen LogP contribution in [0.3, 0.4) is 0 Å². The Balaban J connectivity index is 3.01. The van der Waals surface area contributed by atoms with Gasteiger partial charge >= 0.3 is 5.97 Å². The number of aromatic carboxylic acids is 1. The van der Waals surface area contributed by atoms with E-state index in [-0.39, 0.29) is 21.6 Å². The largest absolute Gasteiger partial charge is 0.477 e. The number of pyridine rings is 1. The van der Waals surface area contributed by atoms with E-state index in [0.29, 0.717) is 0 Å². The van der Waals surface area contributed by atoms with Gasteiger partial charge in [0.05, 0.1) is 20.8 Å². The summed E-state index contributed by atoms with van der Waals surface area (Å²) in [5, 5.41) is 19.6. The van der Waals surface area contributed by atoms with Crippen LogP contribution in [0.2, 0.25) is 5.02 Å². The van der Waals surface area contributed by atoms with Gasteiger partial charge < -0.3 is 9.67 Å². The van der Waals surface area contributed by atoms with E-state index in [1.54, 1.807) is 0 Å². The van der Waals surface area contributed by atoms with E-state index < -0.39 is 21.9 Å². The molecule has 98 valence electrons. The maximum atomic E-state index is 12.0. The zero-order chi connectivity index (χ0) is 14.3. The number of carbonyl (C=O) groups is 1. The standard InChI is InChI=1S/C11H7ClN2O5/c1-13-4-7(11(16)17)10(15)6-2-5(14(18)19)3-8(12)9(6)13/h2-4H,1H3,(H,16,17).